The summed E-state index contributed by atoms with van der Waals surface area (Å²) in [5.74, 6) is 2.58. The van der Waals surface area contributed by atoms with Crippen LogP contribution in [0.5, 0.6) is 11.5 Å². The number of benzene rings is 2. The standard InChI is InChI=1S/C25H30N4O4S/c1-17(2)23(19-9-10-20-21(15-19)33-14-13-32-20)26-22(30)16-34-25-28-27-24(29(25)11-12-31-3)18-7-5-4-6-8-18/h4-10,15,17,23H,11-14,16H2,1-3H3,(H,26,30). The van der Waals surface area contributed by atoms with E-state index >= 15 is 0 Å². The molecule has 0 saturated heterocycles. The highest BCUT2D eigenvalue weighted by atomic mass is 32.2. The van der Waals surface area contributed by atoms with Gasteiger partial charge in [0.1, 0.15) is 13.2 Å². The lowest BCUT2D eigenvalue weighted by Crippen LogP contribution is -2.33. The van der Waals surface area contributed by atoms with Crippen LogP contribution in [0.25, 0.3) is 11.4 Å². The third-order valence-corrected chi connectivity index (χ3v) is 6.48. The summed E-state index contributed by atoms with van der Waals surface area (Å²) in [6.07, 6.45) is 0. The molecule has 0 spiro atoms. The third-order valence-electron chi connectivity index (χ3n) is 5.51. The molecule has 9 heteroatoms. The molecule has 2 aromatic carbocycles. The first-order chi connectivity index (χ1) is 16.6. The number of amides is 1. The van der Waals surface area contributed by atoms with E-state index in [-0.39, 0.29) is 23.6 Å². The van der Waals surface area contributed by atoms with E-state index < -0.39 is 0 Å². The number of nitrogens with one attached hydrogen (secondary N) is 1. The summed E-state index contributed by atoms with van der Waals surface area (Å²) in [5.41, 5.74) is 1.97. The summed E-state index contributed by atoms with van der Waals surface area (Å²) in [4.78, 5) is 12.9. The molecule has 0 fully saturated rings. The second kappa shape index (κ2) is 11.4. The Labute approximate surface area is 204 Å². The number of rotatable bonds is 10. The van der Waals surface area contributed by atoms with Gasteiger partial charge < -0.3 is 19.5 Å². The minimum Gasteiger partial charge on any atom is -0.486 e. The van der Waals surface area contributed by atoms with E-state index in [0.29, 0.717) is 31.5 Å². The van der Waals surface area contributed by atoms with Gasteiger partial charge in [-0.15, -0.1) is 10.2 Å². The Balaban J connectivity index is 1.45. The van der Waals surface area contributed by atoms with Crippen LogP contribution in [0.2, 0.25) is 0 Å². The van der Waals surface area contributed by atoms with E-state index in [1.54, 1.807) is 7.11 Å². The number of carbonyl (C=O) groups is 1. The number of nitrogens with zero attached hydrogens (tertiary/aromatic N) is 3. The van der Waals surface area contributed by atoms with Gasteiger partial charge in [0, 0.05) is 12.7 Å². The normalized spacial score (nSPS) is 13.6. The van der Waals surface area contributed by atoms with E-state index in [1.807, 2.05) is 53.1 Å². The van der Waals surface area contributed by atoms with Crippen molar-refractivity contribution in [3.8, 4) is 22.9 Å². The van der Waals surface area contributed by atoms with Crippen LogP contribution in [-0.4, -0.2) is 53.4 Å². The van der Waals surface area contributed by atoms with Gasteiger partial charge in [-0.1, -0.05) is 62.0 Å². The second-order valence-electron chi connectivity index (χ2n) is 8.30. The molecule has 0 bridgehead atoms. The zero-order valence-corrected chi connectivity index (χ0v) is 20.5. The summed E-state index contributed by atoms with van der Waals surface area (Å²) >= 11 is 1.37. The first-order valence-corrected chi connectivity index (χ1v) is 12.3. The zero-order chi connectivity index (χ0) is 23.9. The van der Waals surface area contributed by atoms with Gasteiger partial charge in [0.25, 0.3) is 0 Å². The Bertz CT molecular complexity index is 1100. The fourth-order valence-corrected chi connectivity index (χ4v) is 4.59. The second-order valence-corrected chi connectivity index (χ2v) is 9.24. The topological polar surface area (TPSA) is 87.5 Å². The van der Waals surface area contributed by atoms with Gasteiger partial charge in [-0.2, -0.15) is 0 Å². The predicted molar refractivity (Wildman–Crippen MR) is 131 cm³/mol. The zero-order valence-electron chi connectivity index (χ0n) is 19.7. The first kappa shape index (κ1) is 24.1. The van der Waals surface area contributed by atoms with Crippen molar-refractivity contribution in [3.63, 3.8) is 0 Å². The van der Waals surface area contributed by atoms with Crippen molar-refractivity contribution < 1.29 is 19.0 Å². The van der Waals surface area contributed by atoms with E-state index in [1.165, 1.54) is 11.8 Å². The minimum atomic E-state index is -0.143. The van der Waals surface area contributed by atoms with Crippen molar-refractivity contribution in [2.45, 2.75) is 31.6 Å². The quantitative estimate of drug-likeness (QED) is 0.438. The Hall–Kier alpha value is -3.04. The van der Waals surface area contributed by atoms with Crippen LogP contribution < -0.4 is 14.8 Å². The number of thioether (sulfide) groups is 1. The highest BCUT2D eigenvalue weighted by Crippen LogP contribution is 2.34. The number of hydrogen-bond donors (Lipinski definition) is 1. The largest absolute Gasteiger partial charge is 0.486 e. The average molecular weight is 483 g/mol. The molecule has 1 N–H and O–H groups in total. The van der Waals surface area contributed by atoms with Crippen LogP contribution in [0.3, 0.4) is 0 Å². The van der Waals surface area contributed by atoms with Crippen LogP contribution >= 0.6 is 11.8 Å². The fourth-order valence-electron chi connectivity index (χ4n) is 3.81. The Morgan fingerprint density at radius 2 is 1.88 bits per heavy atom. The summed E-state index contributed by atoms with van der Waals surface area (Å²) in [5, 5.41) is 12.6. The van der Waals surface area contributed by atoms with Crippen molar-refractivity contribution in [3.05, 3.63) is 54.1 Å². The summed E-state index contributed by atoms with van der Waals surface area (Å²) < 4.78 is 18.6. The molecule has 180 valence electrons. The van der Waals surface area contributed by atoms with Gasteiger partial charge in [-0.25, -0.2) is 0 Å². The maximum Gasteiger partial charge on any atom is 0.230 e. The Kier molecular flexibility index (Phi) is 8.08. The van der Waals surface area contributed by atoms with Gasteiger partial charge >= 0.3 is 0 Å². The van der Waals surface area contributed by atoms with Gasteiger partial charge in [0.05, 0.1) is 24.9 Å². The molecule has 1 atom stereocenters. The van der Waals surface area contributed by atoms with E-state index in [4.69, 9.17) is 14.2 Å². The van der Waals surface area contributed by atoms with E-state index in [0.717, 1.165) is 28.5 Å². The molecule has 8 nitrogen and oxygen atoms in total. The smallest absolute Gasteiger partial charge is 0.230 e. The van der Waals surface area contributed by atoms with Crippen LogP contribution in [0, 0.1) is 5.92 Å². The Morgan fingerprint density at radius 1 is 1.12 bits per heavy atom. The molecule has 1 amide bonds. The van der Waals surface area contributed by atoms with Crippen molar-refractivity contribution >= 4 is 17.7 Å². The number of aromatic nitrogens is 3. The molecule has 3 aromatic rings. The molecule has 4 rings (SSSR count). The van der Waals surface area contributed by atoms with Crippen LogP contribution in [0.15, 0.2) is 53.7 Å². The van der Waals surface area contributed by atoms with Gasteiger partial charge in [-0.05, 0) is 23.6 Å². The predicted octanol–water partition coefficient (Wildman–Crippen LogP) is 3.97. The van der Waals surface area contributed by atoms with Gasteiger partial charge in [-0.3, -0.25) is 9.36 Å². The molecule has 0 aliphatic carbocycles. The average Bonchev–Trinajstić information content (AvgIpc) is 3.27. The van der Waals surface area contributed by atoms with Crippen LogP contribution in [0.1, 0.15) is 25.5 Å². The molecule has 0 radical (unpaired) electrons. The van der Waals surface area contributed by atoms with Crippen LogP contribution in [-0.2, 0) is 16.1 Å². The SMILES string of the molecule is COCCn1c(SCC(=O)NC(c2ccc3c(c2)OCCO3)C(C)C)nnc1-c1ccccc1. The molecule has 1 aliphatic heterocycles. The molecule has 1 aliphatic rings. The number of methoxy groups -OCH3 is 1. The summed E-state index contributed by atoms with van der Waals surface area (Å²) in [7, 11) is 1.66. The lowest BCUT2D eigenvalue weighted by atomic mass is 9.95. The van der Waals surface area contributed by atoms with E-state index in [9.17, 15) is 4.79 Å². The number of carbonyl (C=O) groups excluding carboxylic acids is 1. The third kappa shape index (κ3) is 5.71. The molecule has 1 unspecified atom stereocenters. The van der Waals surface area contributed by atoms with Gasteiger partial charge in [0.2, 0.25) is 5.91 Å². The van der Waals surface area contributed by atoms with Gasteiger partial charge in [0.15, 0.2) is 22.5 Å². The molecule has 34 heavy (non-hydrogen) atoms. The lowest BCUT2D eigenvalue weighted by Gasteiger charge is -2.25. The van der Waals surface area contributed by atoms with Crippen LogP contribution in [0.4, 0.5) is 0 Å². The maximum absolute atomic E-state index is 12.9. The minimum absolute atomic E-state index is 0.0684. The summed E-state index contributed by atoms with van der Waals surface area (Å²) in [6.45, 7) is 6.38. The Morgan fingerprint density at radius 3 is 2.62 bits per heavy atom. The highest BCUT2D eigenvalue weighted by Gasteiger charge is 2.22. The first-order valence-electron chi connectivity index (χ1n) is 11.4. The number of fused-ring (bicyclic) bond motifs is 1. The molecule has 2 heterocycles. The van der Waals surface area contributed by atoms with Crippen molar-refractivity contribution in [2.24, 2.45) is 5.92 Å². The van der Waals surface area contributed by atoms with Crippen molar-refractivity contribution in [1.29, 1.82) is 0 Å². The monoisotopic (exact) mass is 482 g/mol. The highest BCUT2D eigenvalue weighted by molar-refractivity contribution is 7.99. The summed E-state index contributed by atoms with van der Waals surface area (Å²) in [6, 6.07) is 15.6. The van der Waals surface area contributed by atoms with Crippen molar-refractivity contribution in [1.82, 2.24) is 20.1 Å². The number of ether oxygens (including phenoxy) is 3. The molecular weight excluding hydrogens is 452 g/mol. The van der Waals surface area contributed by atoms with Crippen molar-refractivity contribution in [2.75, 3.05) is 32.7 Å². The molecular formula is C25H30N4O4S. The molecule has 0 saturated carbocycles. The molecule has 1 aromatic heterocycles. The van der Waals surface area contributed by atoms with E-state index in [2.05, 4.69) is 29.4 Å². The number of hydrogen-bond acceptors (Lipinski definition) is 7. The fraction of sp³-hybridized carbons (Fsp3) is 0.400. The maximum atomic E-state index is 12.9. The lowest BCUT2D eigenvalue weighted by molar-refractivity contribution is -0.119.